The Bertz CT molecular complexity index is 1370. The van der Waals surface area contributed by atoms with Gasteiger partial charge in [0.2, 0.25) is 0 Å². The molecule has 3 heteroatoms. The summed E-state index contributed by atoms with van der Waals surface area (Å²) in [5, 5.41) is 0. The van der Waals surface area contributed by atoms with Crippen molar-refractivity contribution >= 4 is 29.0 Å². The molecule has 0 fully saturated rings. The summed E-state index contributed by atoms with van der Waals surface area (Å²) in [6.07, 6.45) is 9.36. The molecule has 45 heavy (non-hydrogen) atoms. The Morgan fingerprint density at radius 3 is 1.51 bits per heavy atom. The van der Waals surface area contributed by atoms with Crippen LogP contribution in [0.5, 0.6) is 0 Å². The van der Waals surface area contributed by atoms with E-state index >= 15 is 0 Å². The van der Waals surface area contributed by atoms with Gasteiger partial charge in [0, 0.05) is 0 Å². The van der Waals surface area contributed by atoms with Crippen LogP contribution in [-0.4, -0.2) is 4.21 Å². The Morgan fingerprint density at radius 1 is 0.667 bits per heavy atom. The second kappa shape index (κ2) is 20.7. The van der Waals surface area contributed by atoms with Crippen molar-refractivity contribution in [2.24, 2.45) is 0 Å². The summed E-state index contributed by atoms with van der Waals surface area (Å²) in [5.41, 5.74) is 12.6. The number of allylic oxidation sites excluding steroid dienone is 4. The number of rotatable bonds is 0. The molecule has 0 aromatic heterocycles. The van der Waals surface area contributed by atoms with Crippen molar-refractivity contribution in [1.82, 2.24) is 0 Å². The number of aryl methyl sites for hydroxylation is 2. The molecule has 0 unspecified atom stereocenters. The third kappa shape index (κ3) is 14.8. The van der Waals surface area contributed by atoms with Gasteiger partial charge in [-0.25, -0.2) is 11.6 Å². The molecule has 0 atom stereocenters. The monoisotopic (exact) mass is 714 g/mol. The summed E-state index contributed by atoms with van der Waals surface area (Å²) in [6.45, 7) is 19.8. The van der Waals surface area contributed by atoms with Gasteiger partial charge in [-0.1, -0.05) is 97.1 Å². The summed E-state index contributed by atoms with van der Waals surface area (Å²) in [4.78, 5) is 0. The van der Waals surface area contributed by atoms with Crippen molar-refractivity contribution < 1.29 is 24.2 Å². The summed E-state index contributed by atoms with van der Waals surface area (Å²) in [5.74, 6) is 0. The molecule has 240 valence electrons. The molecule has 6 rings (SSSR count). The fourth-order valence-corrected chi connectivity index (χ4v) is 4.44. The SMILES string of the molecule is CC(C)(C)c1c[c-]c2c(c1)-c1cc(C(C)(C)C)ccc1C2.CC1=[C-]CC=C1.Cc1cc[c-]cc1.Cc1cc[c-]cc1.Cl.Cl.[CH2]=[Zr]. The van der Waals surface area contributed by atoms with Crippen LogP contribution in [0, 0.1) is 38.1 Å². The fourth-order valence-electron chi connectivity index (χ4n) is 4.44. The number of fused-ring (bicyclic) bond motifs is 3. The molecule has 0 heterocycles. The van der Waals surface area contributed by atoms with Gasteiger partial charge in [-0.15, -0.1) is 36.8 Å². The van der Waals surface area contributed by atoms with Crippen LogP contribution in [0.3, 0.4) is 0 Å². The van der Waals surface area contributed by atoms with E-state index in [0.29, 0.717) is 0 Å². The number of hydrogen-bond acceptors (Lipinski definition) is 0. The molecule has 4 aromatic carbocycles. The van der Waals surface area contributed by atoms with Gasteiger partial charge in [-0.05, 0) is 17.4 Å². The van der Waals surface area contributed by atoms with E-state index < -0.39 is 0 Å². The molecule has 0 bridgehead atoms. The van der Waals surface area contributed by atoms with Gasteiger partial charge in [0.05, 0.1) is 0 Å². The molecule has 0 amide bonds. The Hall–Kier alpha value is -2.31. The van der Waals surface area contributed by atoms with E-state index in [4.69, 9.17) is 0 Å². The van der Waals surface area contributed by atoms with E-state index in [1.54, 1.807) is 0 Å². The summed E-state index contributed by atoms with van der Waals surface area (Å²) in [6, 6.07) is 36.7. The van der Waals surface area contributed by atoms with Crippen molar-refractivity contribution in [3.8, 4) is 11.1 Å². The molecule has 0 N–H and O–H groups in total. The summed E-state index contributed by atoms with van der Waals surface area (Å²) >= 11 is 1.30. The van der Waals surface area contributed by atoms with E-state index in [-0.39, 0.29) is 35.6 Å². The molecule has 2 aliphatic carbocycles. The van der Waals surface area contributed by atoms with Gasteiger partial charge in [0.15, 0.2) is 0 Å². The van der Waals surface area contributed by atoms with Crippen molar-refractivity contribution in [2.75, 3.05) is 0 Å². The standard InChI is InChI=1S/C21H25.2C7H7.C6H7.CH2.2ClH.Zr/c1-20(2,3)16-9-7-14-11-15-8-10-17(21(4,5)6)13-19(15)18(14)12-16;2*1-7-5-3-2-4-6-7;1-6-4-2-3-5-6;;;;/h7,9-10,12-13H,11H2,1-6H3;2*3-6H,1H3;2,4H,3H2,1H3;1H2;2*1H;/q4*-1;;;;. The maximum absolute atomic E-state index is 3.53. The van der Waals surface area contributed by atoms with Crippen LogP contribution in [0.4, 0.5) is 0 Å². The van der Waals surface area contributed by atoms with E-state index in [9.17, 15) is 0 Å². The third-order valence-electron chi connectivity index (χ3n) is 7.16. The van der Waals surface area contributed by atoms with E-state index in [1.807, 2.05) is 48.5 Å². The Labute approximate surface area is 302 Å². The van der Waals surface area contributed by atoms with Crippen molar-refractivity contribution in [1.29, 1.82) is 0 Å². The molecule has 0 nitrogen and oxygen atoms in total. The Kier molecular flexibility index (Phi) is 19.7. The Balaban J connectivity index is 0.000000662. The van der Waals surface area contributed by atoms with Crippen LogP contribution in [0.25, 0.3) is 11.1 Å². The van der Waals surface area contributed by atoms with E-state index in [2.05, 4.69) is 133 Å². The maximum atomic E-state index is 3.53. The second-order valence-corrected chi connectivity index (χ2v) is 13.0. The van der Waals surface area contributed by atoms with Crippen LogP contribution >= 0.6 is 24.8 Å². The third-order valence-corrected chi connectivity index (χ3v) is 7.16. The summed E-state index contributed by atoms with van der Waals surface area (Å²) < 4.78 is 3.34. The molecular weight excluding hydrogens is 667 g/mol. The first-order valence-electron chi connectivity index (χ1n) is 15.0. The van der Waals surface area contributed by atoms with Crippen molar-refractivity contribution in [2.45, 2.75) is 86.0 Å². The fraction of sp³-hybridized carbons (Fsp3) is 0.310. The van der Waals surface area contributed by atoms with Crippen LogP contribution in [0.15, 0.2) is 96.6 Å². The number of halogens is 2. The van der Waals surface area contributed by atoms with Gasteiger partial charge in [0.25, 0.3) is 0 Å². The van der Waals surface area contributed by atoms with Gasteiger partial charge in [-0.3, -0.25) is 6.08 Å². The molecular formula is C42H50Cl2Zr-4. The van der Waals surface area contributed by atoms with Crippen LogP contribution in [0.1, 0.15) is 88.3 Å². The predicted molar refractivity (Wildman–Crippen MR) is 199 cm³/mol. The average molecular weight is 717 g/mol. The van der Waals surface area contributed by atoms with Crippen LogP contribution in [-0.2, 0) is 41.5 Å². The zero-order valence-electron chi connectivity index (χ0n) is 28.6. The van der Waals surface area contributed by atoms with Gasteiger partial charge >= 0.3 is 28.4 Å². The van der Waals surface area contributed by atoms with Crippen molar-refractivity contribution in [3.05, 3.63) is 154 Å². The van der Waals surface area contributed by atoms with E-state index in [1.165, 1.54) is 74.3 Å². The molecule has 0 radical (unpaired) electrons. The molecule has 2 aliphatic rings. The van der Waals surface area contributed by atoms with Crippen LogP contribution < -0.4 is 0 Å². The summed E-state index contributed by atoms with van der Waals surface area (Å²) in [7, 11) is 0. The first-order valence-corrected chi connectivity index (χ1v) is 16.7. The minimum absolute atomic E-state index is 0. The zero-order valence-corrected chi connectivity index (χ0v) is 32.7. The zero-order chi connectivity index (χ0) is 32.0. The van der Waals surface area contributed by atoms with Gasteiger partial charge in [0.1, 0.15) is 0 Å². The van der Waals surface area contributed by atoms with Crippen LogP contribution in [0.2, 0.25) is 0 Å². The molecule has 0 saturated heterocycles. The Morgan fingerprint density at radius 2 is 1.16 bits per heavy atom. The van der Waals surface area contributed by atoms with Gasteiger partial charge in [-0.2, -0.15) is 107 Å². The quantitative estimate of drug-likeness (QED) is 0.140. The van der Waals surface area contributed by atoms with Gasteiger partial charge < -0.3 is 0 Å². The number of hydrogen-bond donors (Lipinski definition) is 0. The minimum atomic E-state index is 0. The second-order valence-electron chi connectivity index (χ2n) is 13.0. The topological polar surface area (TPSA) is 0 Å². The first-order chi connectivity index (χ1) is 20.3. The predicted octanol–water partition coefficient (Wildman–Crippen LogP) is 11.7. The molecule has 0 saturated carbocycles. The molecule has 4 aromatic rings. The normalized spacial score (nSPS) is 11.8. The number of benzene rings is 4. The molecule has 0 spiro atoms. The van der Waals surface area contributed by atoms with Crippen molar-refractivity contribution in [3.63, 3.8) is 0 Å². The van der Waals surface area contributed by atoms with E-state index in [0.717, 1.165) is 12.8 Å². The average Bonchev–Trinajstić information content (AvgIpc) is 3.61. The first kappa shape index (κ1) is 42.7. The molecule has 0 aliphatic heterocycles.